The number of primary amides is 1. The second-order valence-corrected chi connectivity index (χ2v) is 12.4. The molecule has 0 aliphatic rings. The molecule has 2 aromatic carbocycles. The number of nitrogens with zero attached hydrogens (tertiary/aromatic N) is 1. The van der Waals surface area contributed by atoms with Crippen molar-refractivity contribution in [1.82, 2.24) is 10.2 Å². The van der Waals surface area contributed by atoms with Gasteiger partial charge in [-0.2, -0.15) is 0 Å². The summed E-state index contributed by atoms with van der Waals surface area (Å²) in [5, 5.41) is 15.9. The number of hydrogen-bond donors (Lipinski definition) is 4. The monoisotopic (exact) mass is 588 g/mol. The second-order valence-electron chi connectivity index (χ2n) is 12.0. The summed E-state index contributed by atoms with van der Waals surface area (Å²) >= 11 is 6.40. The number of alkyl carbamates (subject to hydrolysis) is 1. The van der Waals surface area contributed by atoms with Crippen molar-refractivity contribution in [2.24, 2.45) is 5.73 Å². The summed E-state index contributed by atoms with van der Waals surface area (Å²) in [7, 11) is 0. The highest BCUT2D eigenvalue weighted by Gasteiger charge is 2.42. The van der Waals surface area contributed by atoms with Crippen LogP contribution in [0.15, 0.2) is 36.4 Å². The predicted octanol–water partition coefficient (Wildman–Crippen LogP) is 5.13. The van der Waals surface area contributed by atoms with Gasteiger partial charge < -0.3 is 31.1 Å². The van der Waals surface area contributed by atoms with E-state index in [0.29, 0.717) is 27.4 Å². The van der Waals surface area contributed by atoms with E-state index in [1.807, 2.05) is 0 Å². The third-order valence-corrected chi connectivity index (χ3v) is 6.46. The van der Waals surface area contributed by atoms with Gasteiger partial charge in [-0.25, -0.2) is 4.79 Å². The van der Waals surface area contributed by atoms with Crippen molar-refractivity contribution in [3.8, 4) is 5.75 Å². The molecule has 0 aliphatic heterocycles. The lowest BCUT2D eigenvalue weighted by atomic mass is 9.93. The molecule has 224 valence electrons. The average molecular weight is 589 g/mol. The van der Waals surface area contributed by atoms with Crippen LogP contribution in [0.4, 0.5) is 10.5 Å². The van der Waals surface area contributed by atoms with E-state index < -0.39 is 47.0 Å². The molecule has 0 saturated carbocycles. The number of carbonyl (C=O) groups excluding carboxylic acids is 4. The number of anilines is 1. The fourth-order valence-corrected chi connectivity index (χ4v) is 4.52. The maximum atomic E-state index is 14.3. The highest BCUT2D eigenvalue weighted by atomic mass is 35.5. The highest BCUT2D eigenvalue weighted by molar-refractivity contribution is 6.34. The number of phenolic OH excluding ortho intramolecular Hbond substituents is 1. The van der Waals surface area contributed by atoms with Gasteiger partial charge in [-0.05, 0) is 96.7 Å². The largest absolute Gasteiger partial charge is 0.508 e. The van der Waals surface area contributed by atoms with E-state index in [0.717, 1.165) is 0 Å². The van der Waals surface area contributed by atoms with Gasteiger partial charge in [0.15, 0.2) is 0 Å². The molecule has 4 amide bonds. The van der Waals surface area contributed by atoms with E-state index in [4.69, 9.17) is 22.1 Å². The van der Waals surface area contributed by atoms with Crippen molar-refractivity contribution in [2.75, 3.05) is 5.32 Å². The third kappa shape index (κ3) is 9.38. The standard InChI is InChI=1S/C30H41ClN4O6/c1-17-10-9-11-20(31)24(17)34-26(38)25(19-12-14-22(36)18(2)16-19)35(29(3,4)5)27(39)21(13-15-23(32)37)33-28(40)41-30(6,7)8/h9-12,14,16,21,25,36H,13,15H2,1-8H3,(H2,32,37)(H,33,40)(H,34,38). The summed E-state index contributed by atoms with van der Waals surface area (Å²) in [6, 6.07) is 7.33. The first-order valence-electron chi connectivity index (χ1n) is 13.3. The van der Waals surface area contributed by atoms with Crippen LogP contribution in [0.2, 0.25) is 5.02 Å². The van der Waals surface area contributed by atoms with Gasteiger partial charge in [0.2, 0.25) is 11.8 Å². The first-order valence-corrected chi connectivity index (χ1v) is 13.7. The molecule has 2 aromatic rings. The Bertz CT molecular complexity index is 1280. The lowest BCUT2D eigenvalue weighted by molar-refractivity contribution is -0.147. The number of benzene rings is 2. The number of nitrogens with one attached hydrogen (secondary N) is 2. The first kappa shape index (κ1) is 33.4. The van der Waals surface area contributed by atoms with Gasteiger partial charge in [-0.15, -0.1) is 0 Å². The quantitative estimate of drug-likeness (QED) is 0.319. The summed E-state index contributed by atoms with van der Waals surface area (Å²) in [5.74, 6) is -1.84. The van der Waals surface area contributed by atoms with Gasteiger partial charge in [-0.3, -0.25) is 14.4 Å². The highest BCUT2D eigenvalue weighted by Crippen LogP contribution is 2.34. The topological polar surface area (TPSA) is 151 Å². The van der Waals surface area contributed by atoms with Crippen LogP contribution in [-0.2, 0) is 19.1 Å². The number of rotatable bonds is 9. The molecule has 0 aromatic heterocycles. The van der Waals surface area contributed by atoms with E-state index in [-0.39, 0.29) is 18.6 Å². The SMILES string of the molecule is Cc1cc(C(C(=O)Nc2c(C)cccc2Cl)N(C(=O)C(CCC(N)=O)NC(=O)OC(C)(C)C)C(C)(C)C)ccc1O. The fraction of sp³-hybridized carbons (Fsp3) is 0.467. The van der Waals surface area contributed by atoms with E-state index in [2.05, 4.69) is 10.6 Å². The van der Waals surface area contributed by atoms with Crippen LogP contribution < -0.4 is 16.4 Å². The van der Waals surface area contributed by atoms with Crippen molar-refractivity contribution in [3.05, 3.63) is 58.1 Å². The normalized spacial score (nSPS) is 13.1. The van der Waals surface area contributed by atoms with Crippen LogP contribution >= 0.6 is 11.6 Å². The van der Waals surface area contributed by atoms with Crippen LogP contribution in [0.1, 0.15) is 77.1 Å². The number of aromatic hydroxyl groups is 1. The Morgan fingerprint density at radius 3 is 2.17 bits per heavy atom. The molecular weight excluding hydrogens is 548 g/mol. The molecule has 0 saturated heterocycles. The van der Waals surface area contributed by atoms with Crippen LogP contribution in [0.3, 0.4) is 0 Å². The van der Waals surface area contributed by atoms with E-state index in [9.17, 15) is 24.3 Å². The minimum Gasteiger partial charge on any atom is -0.508 e. The molecular formula is C30H41ClN4O6. The Kier molecular flexibility index (Phi) is 10.8. The van der Waals surface area contributed by atoms with Crippen molar-refractivity contribution in [3.63, 3.8) is 0 Å². The number of phenols is 1. The summed E-state index contributed by atoms with van der Waals surface area (Å²) < 4.78 is 5.36. The van der Waals surface area contributed by atoms with Gasteiger partial charge in [-0.1, -0.05) is 29.8 Å². The maximum absolute atomic E-state index is 14.3. The minimum absolute atomic E-state index is 0.0226. The lowest BCUT2D eigenvalue weighted by Crippen LogP contribution is -2.58. The Balaban J connectivity index is 2.68. The van der Waals surface area contributed by atoms with E-state index >= 15 is 0 Å². The van der Waals surface area contributed by atoms with Gasteiger partial charge >= 0.3 is 6.09 Å². The number of ether oxygens (including phenoxy) is 1. The minimum atomic E-state index is -1.24. The van der Waals surface area contributed by atoms with Gasteiger partial charge in [0, 0.05) is 12.0 Å². The van der Waals surface area contributed by atoms with E-state index in [1.165, 1.54) is 11.0 Å². The molecule has 11 heteroatoms. The average Bonchev–Trinajstić information content (AvgIpc) is 2.81. The molecule has 2 atom stereocenters. The zero-order chi connectivity index (χ0) is 31.3. The second kappa shape index (κ2) is 13.2. The van der Waals surface area contributed by atoms with Gasteiger partial charge in [0.25, 0.3) is 5.91 Å². The molecule has 0 fully saturated rings. The van der Waals surface area contributed by atoms with Crippen molar-refractivity contribution in [2.45, 2.75) is 91.5 Å². The number of amides is 4. The molecule has 0 spiro atoms. The number of para-hydroxylation sites is 1. The number of halogens is 1. The molecule has 2 unspecified atom stereocenters. The zero-order valence-electron chi connectivity index (χ0n) is 24.9. The number of aryl methyl sites for hydroxylation is 2. The summed E-state index contributed by atoms with van der Waals surface area (Å²) in [5.41, 5.74) is 5.56. The van der Waals surface area contributed by atoms with Crippen LogP contribution in [-0.4, -0.2) is 51.0 Å². The molecule has 0 heterocycles. The van der Waals surface area contributed by atoms with Crippen LogP contribution in [0, 0.1) is 13.8 Å². The Labute approximate surface area is 246 Å². The van der Waals surface area contributed by atoms with Crippen molar-refractivity contribution < 1.29 is 29.0 Å². The molecule has 2 rings (SSSR count). The molecule has 10 nitrogen and oxygen atoms in total. The number of carbonyl (C=O) groups is 4. The molecule has 0 aliphatic carbocycles. The maximum Gasteiger partial charge on any atom is 0.408 e. The van der Waals surface area contributed by atoms with Crippen LogP contribution in [0.5, 0.6) is 5.75 Å². The summed E-state index contributed by atoms with van der Waals surface area (Å²) in [4.78, 5) is 54.1. The number of hydrogen-bond acceptors (Lipinski definition) is 6. The first-order chi connectivity index (χ1) is 18.8. The summed E-state index contributed by atoms with van der Waals surface area (Å²) in [6.07, 6.45) is -1.17. The van der Waals surface area contributed by atoms with Crippen LogP contribution in [0.25, 0.3) is 0 Å². The Morgan fingerprint density at radius 2 is 1.66 bits per heavy atom. The third-order valence-electron chi connectivity index (χ3n) is 6.14. The molecule has 5 N–H and O–H groups in total. The van der Waals surface area contributed by atoms with Gasteiger partial charge in [0.1, 0.15) is 23.4 Å². The smallest absolute Gasteiger partial charge is 0.408 e. The van der Waals surface area contributed by atoms with Crippen molar-refractivity contribution >= 4 is 41.1 Å². The Hall–Kier alpha value is -3.79. The van der Waals surface area contributed by atoms with Crippen molar-refractivity contribution in [1.29, 1.82) is 0 Å². The van der Waals surface area contributed by atoms with Gasteiger partial charge in [0.05, 0.1) is 10.7 Å². The summed E-state index contributed by atoms with van der Waals surface area (Å²) in [6.45, 7) is 13.7. The lowest BCUT2D eigenvalue weighted by Gasteiger charge is -2.43. The molecule has 41 heavy (non-hydrogen) atoms. The predicted molar refractivity (Wildman–Crippen MR) is 159 cm³/mol. The molecule has 0 radical (unpaired) electrons. The number of nitrogens with two attached hydrogens (primary N) is 1. The van der Waals surface area contributed by atoms with E-state index in [1.54, 1.807) is 85.7 Å². The zero-order valence-corrected chi connectivity index (χ0v) is 25.7. The molecule has 0 bridgehead atoms. The Morgan fingerprint density at radius 1 is 1.02 bits per heavy atom. The fourth-order valence-electron chi connectivity index (χ4n) is 4.26.